The SMILES string of the molecule is CCOc1ncccc1C(=O)OCC(=O)Nc1ccccc1C#N. The Bertz CT molecular complexity index is 783. The van der Waals surface area contributed by atoms with Crippen molar-refractivity contribution in [3.63, 3.8) is 0 Å². The Balaban J connectivity index is 1.97. The molecule has 0 aliphatic heterocycles. The lowest BCUT2D eigenvalue weighted by Crippen LogP contribution is -2.21. The molecular formula is C17H15N3O4. The molecule has 0 fully saturated rings. The highest BCUT2D eigenvalue weighted by Gasteiger charge is 2.16. The summed E-state index contributed by atoms with van der Waals surface area (Å²) in [4.78, 5) is 27.9. The number of amides is 1. The fourth-order valence-electron chi connectivity index (χ4n) is 1.88. The van der Waals surface area contributed by atoms with Gasteiger partial charge in [0.25, 0.3) is 5.91 Å². The summed E-state index contributed by atoms with van der Waals surface area (Å²) in [5, 5.41) is 11.5. The van der Waals surface area contributed by atoms with Crippen LogP contribution in [0.25, 0.3) is 0 Å². The van der Waals surface area contributed by atoms with Gasteiger partial charge in [-0.25, -0.2) is 9.78 Å². The maximum Gasteiger partial charge on any atom is 0.344 e. The van der Waals surface area contributed by atoms with Crippen LogP contribution in [0.4, 0.5) is 5.69 Å². The summed E-state index contributed by atoms with van der Waals surface area (Å²) in [6.07, 6.45) is 1.49. The van der Waals surface area contributed by atoms with Crippen LogP contribution in [0.1, 0.15) is 22.8 Å². The van der Waals surface area contributed by atoms with Crippen molar-refractivity contribution in [2.75, 3.05) is 18.5 Å². The summed E-state index contributed by atoms with van der Waals surface area (Å²) >= 11 is 0. The van der Waals surface area contributed by atoms with Gasteiger partial charge in [0.05, 0.1) is 17.9 Å². The smallest absolute Gasteiger partial charge is 0.344 e. The molecule has 2 rings (SSSR count). The van der Waals surface area contributed by atoms with Crippen molar-refractivity contribution in [3.05, 3.63) is 53.7 Å². The summed E-state index contributed by atoms with van der Waals surface area (Å²) in [6, 6.07) is 11.6. The summed E-state index contributed by atoms with van der Waals surface area (Å²) in [5.74, 6) is -1.11. The third-order valence-electron chi connectivity index (χ3n) is 2.93. The molecule has 1 N–H and O–H groups in total. The van der Waals surface area contributed by atoms with E-state index in [0.717, 1.165) is 0 Å². The van der Waals surface area contributed by atoms with Crippen molar-refractivity contribution in [2.45, 2.75) is 6.92 Å². The molecule has 0 aliphatic carbocycles. The molecule has 0 saturated carbocycles. The van der Waals surface area contributed by atoms with Crippen molar-refractivity contribution in [2.24, 2.45) is 0 Å². The molecule has 0 spiro atoms. The first-order chi connectivity index (χ1) is 11.7. The molecule has 24 heavy (non-hydrogen) atoms. The Kier molecular flexibility index (Phi) is 5.86. The number of benzene rings is 1. The molecule has 1 aromatic heterocycles. The number of rotatable bonds is 6. The van der Waals surface area contributed by atoms with E-state index in [0.29, 0.717) is 17.9 Å². The molecule has 1 amide bonds. The third kappa shape index (κ3) is 4.30. The van der Waals surface area contributed by atoms with Gasteiger partial charge >= 0.3 is 5.97 Å². The third-order valence-corrected chi connectivity index (χ3v) is 2.93. The number of aromatic nitrogens is 1. The average molecular weight is 325 g/mol. The number of esters is 1. The number of nitrogens with one attached hydrogen (secondary N) is 1. The number of nitrogens with zero attached hydrogens (tertiary/aromatic N) is 2. The van der Waals surface area contributed by atoms with Gasteiger partial charge in [-0.2, -0.15) is 5.26 Å². The highest BCUT2D eigenvalue weighted by atomic mass is 16.5. The molecule has 1 aromatic carbocycles. The molecule has 0 aliphatic rings. The molecule has 0 unspecified atom stereocenters. The number of ether oxygens (including phenoxy) is 2. The molecule has 122 valence electrons. The van der Waals surface area contributed by atoms with Crippen LogP contribution in [-0.2, 0) is 9.53 Å². The zero-order valence-electron chi connectivity index (χ0n) is 13.0. The van der Waals surface area contributed by atoms with E-state index in [2.05, 4.69) is 10.3 Å². The van der Waals surface area contributed by atoms with Crippen LogP contribution in [-0.4, -0.2) is 30.1 Å². The average Bonchev–Trinajstić information content (AvgIpc) is 2.61. The van der Waals surface area contributed by atoms with Crippen LogP contribution in [0, 0.1) is 11.3 Å². The minimum atomic E-state index is -0.713. The first kappa shape index (κ1) is 17.0. The van der Waals surface area contributed by atoms with Crippen LogP contribution >= 0.6 is 0 Å². The van der Waals surface area contributed by atoms with E-state index in [1.165, 1.54) is 12.3 Å². The molecule has 7 heteroatoms. The van der Waals surface area contributed by atoms with E-state index in [1.54, 1.807) is 37.3 Å². The lowest BCUT2D eigenvalue weighted by atomic mass is 10.2. The maximum absolute atomic E-state index is 12.0. The Morgan fingerprint density at radius 1 is 1.25 bits per heavy atom. The standard InChI is InChI=1S/C17H15N3O4/c1-2-23-16-13(7-5-9-19-16)17(22)24-11-15(21)20-14-8-4-3-6-12(14)10-18/h3-9H,2,11H2,1H3,(H,20,21). The molecular weight excluding hydrogens is 310 g/mol. The maximum atomic E-state index is 12.0. The summed E-state index contributed by atoms with van der Waals surface area (Å²) in [7, 11) is 0. The van der Waals surface area contributed by atoms with E-state index in [1.807, 2.05) is 6.07 Å². The predicted molar refractivity (Wildman–Crippen MR) is 85.5 cm³/mol. The monoisotopic (exact) mass is 325 g/mol. The van der Waals surface area contributed by atoms with Crippen molar-refractivity contribution in [1.29, 1.82) is 5.26 Å². The second kappa shape index (κ2) is 8.29. The quantitative estimate of drug-likeness (QED) is 0.817. The van der Waals surface area contributed by atoms with Crippen LogP contribution in [0.3, 0.4) is 0 Å². The highest BCUT2D eigenvalue weighted by molar-refractivity contribution is 5.97. The van der Waals surface area contributed by atoms with Gasteiger partial charge in [0.2, 0.25) is 5.88 Å². The Labute approximate surface area is 138 Å². The zero-order valence-corrected chi connectivity index (χ0v) is 13.0. The van der Waals surface area contributed by atoms with Gasteiger partial charge in [0.1, 0.15) is 11.6 Å². The first-order valence-corrected chi connectivity index (χ1v) is 7.19. The van der Waals surface area contributed by atoms with Crippen LogP contribution in [0.2, 0.25) is 0 Å². The fraction of sp³-hybridized carbons (Fsp3) is 0.176. The number of nitriles is 1. The van der Waals surface area contributed by atoms with Gasteiger partial charge in [0, 0.05) is 6.20 Å². The molecule has 0 saturated heterocycles. The molecule has 0 radical (unpaired) electrons. The van der Waals surface area contributed by atoms with Crippen molar-refractivity contribution in [1.82, 2.24) is 4.98 Å². The zero-order chi connectivity index (χ0) is 17.4. The topological polar surface area (TPSA) is 101 Å². The van der Waals surface area contributed by atoms with Gasteiger partial charge in [-0.1, -0.05) is 12.1 Å². The number of carbonyl (C=O) groups is 2. The van der Waals surface area contributed by atoms with Gasteiger partial charge < -0.3 is 14.8 Å². The number of anilines is 1. The van der Waals surface area contributed by atoms with E-state index in [4.69, 9.17) is 14.7 Å². The van der Waals surface area contributed by atoms with Crippen molar-refractivity contribution < 1.29 is 19.1 Å². The van der Waals surface area contributed by atoms with E-state index in [-0.39, 0.29) is 11.4 Å². The van der Waals surface area contributed by atoms with E-state index >= 15 is 0 Å². The van der Waals surface area contributed by atoms with Gasteiger partial charge in [-0.05, 0) is 31.2 Å². The molecule has 7 nitrogen and oxygen atoms in total. The Morgan fingerprint density at radius 2 is 2.04 bits per heavy atom. The lowest BCUT2D eigenvalue weighted by molar-refractivity contribution is -0.119. The van der Waals surface area contributed by atoms with Crippen LogP contribution in [0.5, 0.6) is 5.88 Å². The lowest BCUT2D eigenvalue weighted by Gasteiger charge is -2.09. The highest BCUT2D eigenvalue weighted by Crippen LogP contribution is 2.16. The van der Waals surface area contributed by atoms with Gasteiger partial charge in [-0.3, -0.25) is 4.79 Å². The second-order valence-electron chi connectivity index (χ2n) is 4.57. The minimum Gasteiger partial charge on any atom is -0.477 e. The molecule has 0 atom stereocenters. The number of hydrogen-bond acceptors (Lipinski definition) is 6. The van der Waals surface area contributed by atoms with Crippen molar-refractivity contribution in [3.8, 4) is 11.9 Å². The minimum absolute atomic E-state index is 0.143. The number of para-hydroxylation sites is 1. The second-order valence-corrected chi connectivity index (χ2v) is 4.57. The summed E-state index contributed by atoms with van der Waals surface area (Å²) in [5.41, 5.74) is 0.824. The molecule has 1 heterocycles. The Hall–Kier alpha value is -3.40. The van der Waals surface area contributed by atoms with E-state index < -0.39 is 18.5 Å². The summed E-state index contributed by atoms with van der Waals surface area (Å²) < 4.78 is 10.2. The predicted octanol–water partition coefficient (Wildman–Crippen LogP) is 2.15. The number of hydrogen-bond donors (Lipinski definition) is 1. The summed E-state index contributed by atoms with van der Waals surface area (Å²) in [6.45, 7) is 1.63. The van der Waals surface area contributed by atoms with Gasteiger partial charge in [0.15, 0.2) is 6.61 Å². The largest absolute Gasteiger partial charge is 0.477 e. The molecule has 0 bridgehead atoms. The first-order valence-electron chi connectivity index (χ1n) is 7.19. The molecule has 2 aromatic rings. The van der Waals surface area contributed by atoms with Crippen LogP contribution < -0.4 is 10.1 Å². The fourth-order valence-corrected chi connectivity index (χ4v) is 1.88. The van der Waals surface area contributed by atoms with Gasteiger partial charge in [-0.15, -0.1) is 0 Å². The van der Waals surface area contributed by atoms with Crippen LogP contribution in [0.15, 0.2) is 42.6 Å². The van der Waals surface area contributed by atoms with E-state index in [9.17, 15) is 9.59 Å². The number of carbonyl (C=O) groups excluding carboxylic acids is 2. The number of pyridine rings is 1. The Morgan fingerprint density at radius 3 is 2.79 bits per heavy atom. The normalized spacial score (nSPS) is 9.67. The van der Waals surface area contributed by atoms with Crippen molar-refractivity contribution >= 4 is 17.6 Å².